The van der Waals surface area contributed by atoms with E-state index in [1.54, 1.807) is 0 Å². The average Bonchev–Trinajstić information content (AvgIpc) is 2.71. The van der Waals surface area contributed by atoms with Crippen LogP contribution in [-0.4, -0.2) is 10.8 Å². The van der Waals surface area contributed by atoms with Gasteiger partial charge in [-0.15, -0.1) is 11.3 Å². The lowest BCUT2D eigenvalue weighted by molar-refractivity contribution is 0.0988. The Morgan fingerprint density at radius 2 is 2.00 bits per heavy atom. The van der Waals surface area contributed by atoms with Crippen LogP contribution in [-0.2, 0) is 6.42 Å². The minimum absolute atomic E-state index is 0.00206. The van der Waals surface area contributed by atoms with Crippen molar-refractivity contribution in [2.75, 3.05) is 0 Å². The highest BCUT2D eigenvalue weighted by Gasteiger charge is 2.18. The number of carbonyl (C=O) groups is 1. The number of benzene rings is 1. The first-order chi connectivity index (χ1) is 8.49. The minimum atomic E-state index is -1.08. The van der Waals surface area contributed by atoms with Crippen molar-refractivity contribution < 1.29 is 13.6 Å². The number of carbonyl (C=O) groups excluding carboxylic acids is 1. The largest absolute Gasteiger partial charge is 0.294 e. The Hall–Kier alpha value is -1.62. The topological polar surface area (TPSA) is 30.0 Å². The molecule has 0 radical (unpaired) electrons. The van der Waals surface area contributed by atoms with Gasteiger partial charge in [0, 0.05) is 11.1 Å². The van der Waals surface area contributed by atoms with E-state index in [9.17, 15) is 13.6 Å². The molecular weight excluding hydrogens is 256 g/mol. The van der Waals surface area contributed by atoms with E-state index in [4.69, 9.17) is 0 Å². The molecule has 1 aromatic heterocycles. The molecule has 1 heterocycles. The maximum absolute atomic E-state index is 13.6. The summed E-state index contributed by atoms with van der Waals surface area (Å²) in [4.78, 5) is 16.0. The molecule has 18 heavy (non-hydrogen) atoms. The van der Waals surface area contributed by atoms with Gasteiger partial charge in [0.2, 0.25) is 0 Å². The van der Waals surface area contributed by atoms with Crippen molar-refractivity contribution in [2.45, 2.75) is 20.3 Å². The Morgan fingerprint density at radius 3 is 2.61 bits per heavy atom. The Morgan fingerprint density at radius 1 is 1.28 bits per heavy atom. The summed E-state index contributed by atoms with van der Waals surface area (Å²) in [6.45, 7) is 3.27. The molecule has 0 saturated carbocycles. The van der Waals surface area contributed by atoms with Crippen LogP contribution >= 0.6 is 11.3 Å². The van der Waals surface area contributed by atoms with E-state index in [0.29, 0.717) is 5.01 Å². The lowest BCUT2D eigenvalue weighted by atomic mass is 10.1. The summed E-state index contributed by atoms with van der Waals surface area (Å²) in [6, 6.07) is 2.72. The summed E-state index contributed by atoms with van der Waals surface area (Å²) in [5, 5.41) is 2.42. The summed E-state index contributed by atoms with van der Waals surface area (Å²) in [7, 11) is 0. The molecule has 0 atom stereocenters. The number of hydrogen-bond donors (Lipinski definition) is 0. The molecule has 0 fully saturated rings. The molecule has 0 unspecified atom stereocenters. The second-order valence-corrected chi connectivity index (χ2v) is 4.98. The van der Waals surface area contributed by atoms with Crippen molar-refractivity contribution in [3.8, 4) is 0 Å². The number of aryl methyl sites for hydroxylation is 2. The predicted octanol–water partition coefficient (Wildman–Crippen LogP) is 3.46. The second-order valence-electron chi connectivity index (χ2n) is 4.04. The molecule has 0 aliphatic heterocycles. The van der Waals surface area contributed by atoms with Crippen LogP contribution in [0.15, 0.2) is 17.5 Å². The summed E-state index contributed by atoms with van der Waals surface area (Å²) in [6.07, 6.45) is -0.00206. The fourth-order valence-corrected chi connectivity index (χ4v) is 2.35. The first-order valence-electron chi connectivity index (χ1n) is 5.38. The van der Waals surface area contributed by atoms with Gasteiger partial charge in [-0.25, -0.2) is 13.8 Å². The highest BCUT2D eigenvalue weighted by atomic mass is 32.1. The number of Topliss-reactive ketones (excluding diaryl/α,β-unsaturated/α-hetero) is 1. The van der Waals surface area contributed by atoms with Crippen LogP contribution in [0.25, 0.3) is 0 Å². The zero-order valence-electron chi connectivity index (χ0n) is 9.96. The van der Waals surface area contributed by atoms with Crippen LogP contribution < -0.4 is 0 Å². The van der Waals surface area contributed by atoms with E-state index in [1.165, 1.54) is 30.4 Å². The molecular formula is C13H11F2NOS. The zero-order chi connectivity index (χ0) is 13.3. The summed E-state index contributed by atoms with van der Waals surface area (Å²) < 4.78 is 27.0. The highest BCUT2D eigenvalue weighted by molar-refractivity contribution is 7.09. The SMILES string of the molecule is Cc1csc(CC(=O)c2ccc(C)c(F)c2F)n1. The van der Waals surface area contributed by atoms with Gasteiger partial charge in [-0.1, -0.05) is 6.07 Å². The Balaban J connectivity index is 2.27. The molecule has 2 nitrogen and oxygen atoms in total. The number of thiazole rings is 1. The third-order valence-corrected chi connectivity index (χ3v) is 3.52. The molecule has 0 spiro atoms. The number of rotatable bonds is 3. The monoisotopic (exact) mass is 267 g/mol. The molecule has 0 bridgehead atoms. The van der Waals surface area contributed by atoms with Crippen LogP contribution in [0.1, 0.15) is 26.6 Å². The van der Waals surface area contributed by atoms with Crippen LogP contribution in [0, 0.1) is 25.5 Å². The lowest BCUT2D eigenvalue weighted by Gasteiger charge is -2.04. The predicted molar refractivity (Wildman–Crippen MR) is 66.0 cm³/mol. The van der Waals surface area contributed by atoms with E-state index >= 15 is 0 Å². The van der Waals surface area contributed by atoms with Crippen LogP contribution in [0.2, 0.25) is 0 Å². The molecule has 0 saturated heterocycles. The van der Waals surface area contributed by atoms with Gasteiger partial charge < -0.3 is 0 Å². The van der Waals surface area contributed by atoms with Gasteiger partial charge in [-0.2, -0.15) is 0 Å². The fourth-order valence-electron chi connectivity index (χ4n) is 1.58. The van der Waals surface area contributed by atoms with Gasteiger partial charge in [0.25, 0.3) is 0 Å². The van der Waals surface area contributed by atoms with E-state index < -0.39 is 17.4 Å². The van der Waals surface area contributed by atoms with E-state index in [-0.39, 0.29) is 17.5 Å². The van der Waals surface area contributed by atoms with Crippen LogP contribution in [0.3, 0.4) is 0 Å². The van der Waals surface area contributed by atoms with Crippen molar-refractivity contribution in [3.05, 3.63) is 51.0 Å². The third-order valence-electron chi connectivity index (χ3n) is 2.55. The Kier molecular flexibility index (Phi) is 3.52. The third kappa shape index (κ3) is 2.46. The zero-order valence-corrected chi connectivity index (χ0v) is 10.8. The normalized spacial score (nSPS) is 10.7. The number of hydrogen-bond acceptors (Lipinski definition) is 3. The minimum Gasteiger partial charge on any atom is -0.294 e. The highest BCUT2D eigenvalue weighted by Crippen LogP contribution is 2.18. The molecule has 0 aliphatic carbocycles. The Labute approximate surface area is 107 Å². The van der Waals surface area contributed by atoms with E-state index in [1.807, 2.05) is 12.3 Å². The lowest BCUT2D eigenvalue weighted by Crippen LogP contribution is -2.08. The van der Waals surface area contributed by atoms with Crippen LogP contribution in [0.4, 0.5) is 8.78 Å². The molecule has 94 valence electrons. The number of nitrogens with zero attached hydrogens (tertiary/aromatic N) is 1. The molecule has 5 heteroatoms. The van der Waals surface area contributed by atoms with Gasteiger partial charge in [-0.05, 0) is 25.5 Å². The van der Waals surface area contributed by atoms with Gasteiger partial charge in [0.05, 0.1) is 12.0 Å². The van der Waals surface area contributed by atoms with Crippen molar-refractivity contribution in [2.24, 2.45) is 0 Å². The number of halogens is 2. The summed E-state index contributed by atoms with van der Waals surface area (Å²) in [5.41, 5.74) is 0.790. The first kappa shape index (κ1) is 12.8. The molecule has 1 aromatic carbocycles. The maximum Gasteiger partial charge on any atom is 0.172 e. The van der Waals surface area contributed by atoms with Gasteiger partial charge >= 0.3 is 0 Å². The van der Waals surface area contributed by atoms with Crippen molar-refractivity contribution in [1.29, 1.82) is 0 Å². The summed E-state index contributed by atoms with van der Waals surface area (Å²) in [5.74, 6) is -2.50. The fraction of sp³-hybridized carbons (Fsp3) is 0.231. The van der Waals surface area contributed by atoms with Crippen molar-refractivity contribution in [3.63, 3.8) is 0 Å². The second kappa shape index (κ2) is 4.94. The smallest absolute Gasteiger partial charge is 0.172 e. The van der Waals surface area contributed by atoms with Crippen LogP contribution in [0.5, 0.6) is 0 Å². The van der Waals surface area contributed by atoms with Gasteiger partial charge in [-0.3, -0.25) is 4.79 Å². The molecule has 0 N–H and O–H groups in total. The molecule has 0 aliphatic rings. The maximum atomic E-state index is 13.6. The molecule has 2 rings (SSSR count). The summed E-state index contributed by atoms with van der Waals surface area (Å²) >= 11 is 1.34. The van der Waals surface area contributed by atoms with Gasteiger partial charge in [0.15, 0.2) is 17.4 Å². The Bertz CT molecular complexity index is 607. The van der Waals surface area contributed by atoms with E-state index in [0.717, 1.165) is 5.69 Å². The first-order valence-corrected chi connectivity index (χ1v) is 6.26. The number of ketones is 1. The van der Waals surface area contributed by atoms with Gasteiger partial charge in [0.1, 0.15) is 5.01 Å². The average molecular weight is 267 g/mol. The molecule has 0 amide bonds. The van der Waals surface area contributed by atoms with E-state index in [2.05, 4.69) is 4.98 Å². The molecule has 2 aromatic rings. The standard InChI is InChI=1S/C13H11F2NOS/c1-7-3-4-9(13(15)12(7)14)10(17)5-11-16-8(2)6-18-11/h3-4,6H,5H2,1-2H3. The van der Waals surface area contributed by atoms with Crippen molar-refractivity contribution >= 4 is 17.1 Å². The van der Waals surface area contributed by atoms with Crippen molar-refractivity contribution in [1.82, 2.24) is 4.98 Å². The number of aromatic nitrogens is 1. The quantitative estimate of drug-likeness (QED) is 0.797.